The van der Waals surface area contributed by atoms with Crippen molar-refractivity contribution in [1.82, 2.24) is 14.7 Å². The van der Waals surface area contributed by atoms with Gasteiger partial charge in [-0.05, 0) is 31.5 Å². The van der Waals surface area contributed by atoms with Crippen molar-refractivity contribution in [3.8, 4) is 0 Å². The number of fused-ring (bicyclic) bond motifs is 3. The van der Waals surface area contributed by atoms with Crippen molar-refractivity contribution in [2.45, 2.75) is 26.3 Å². The molecule has 170 valence electrons. The number of amides is 1. The molecule has 2 aromatic heterocycles. The Bertz CT molecular complexity index is 1400. The summed E-state index contributed by atoms with van der Waals surface area (Å²) >= 11 is 1.56. The molecule has 1 amide bonds. The summed E-state index contributed by atoms with van der Waals surface area (Å²) in [7, 11) is 0. The molecule has 0 spiro atoms. The number of benzene rings is 2. The monoisotopic (exact) mass is 464 g/mol. The van der Waals surface area contributed by atoms with E-state index in [1.807, 2.05) is 49.1 Å². The first-order chi connectivity index (χ1) is 16.0. The number of hydrogen-bond acceptors (Lipinski definition) is 5. The van der Waals surface area contributed by atoms with Crippen LogP contribution < -0.4 is 10.5 Å². The molecule has 33 heavy (non-hydrogen) atoms. The van der Waals surface area contributed by atoms with Gasteiger partial charge in [0.25, 0.3) is 5.56 Å². The molecule has 0 N–H and O–H groups in total. The van der Waals surface area contributed by atoms with Crippen molar-refractivity contribution < 1.29 is 9.18 Å². The average Bonchev–Trinajstić information content (AvgIpc) is 3.24. The van der Waals surface area contributed by atoms with Crippen LogP contribution in [0.2, 0.25) is 0 Å². The number of halogens is 1. The number of para-hydroxylation sites is 1. The Morgan fingerprint density at radius 1 is 1.09 bits per heavy atom. The Balaban J connectivity index is 1.44. The van der Waals surface area contributed by atoms with Crippen molar-refractivity contribution in [3.05, 3.63) is 70.4 Å². The number of hydrogen-bond donors (Lipinski definition) is 0. The van der Waals surface area contributed by atoms with Crippen molar-refractivity contribution in [2.24, 2.45) is 0 Å². The van der Waals surface area contributed by atoms with E-state index in [2.05, 4.69) is 5.10 Å². The van der Waals surface area contributed by atoms with Crippen molar-refractivity contribution in [3.63, 3.8) is 0 Å². The molecule has 0 bridgehead atoms. The fraction of sp³-hybridized carbons (Fsp3) is 0.320. The van der Waals surface area contributed by atoms with Crippen LogP contribution in [-0.2, 0) is 4.79 Å². The summed E-state index contributed by atoms with van der Waals surface area (Å²) in [4.78, 5) is 30.7. The van der Waals surface area contributed by atoms with Crippen LogP contribution in [0.15, 0.2) is 53.3 Å². The molecule has 8 heteroatoms. The van der Waals surface area contributed by atoms with E-state index in [1.165, 1.54) is 10.7 Å². The first-order valence-corrected chi connectivity index (χ1v) is 12.0. The van der Waals surface area contributed by atoms with Gasteiger partial charge in [-0.2, -0.15) is 5.10 Å². The van der Waals surface area contributed by atoms with Gasteiger partial charge in [0.05, 0.1) is 21.5 Å². The molecule has 0 radical (unpaired) electrons. The lowest BCUT2D eigenvalue weighted by Gasteiger charge is -2.37. The third-order valence-corrected chi connectivity index (χ3v) is 7.63. The van der Waals surface area contributed by atoms with Gasteiger partial charge in [-0.3, -0.25) is 9.59 Å². The average molecular weight is 465 g/mol. The molecule has 1 atom stereocenters. The van der Waals surface area contributed by atoms with Gasteiger partial charge in [-0.25, -0.2) is 9.07 Å². The SMILES string of the molecule is CC[C@@H](C(=O)N1CCN(c2ccccc2F)CC1)n1nc(C)c2sc3ccccc3c2c1=O. The van der Waals surface area contributed by atoms with Gasteiger partial charge >= 0.3 is 0 Å². The lowest BCUT2D eigenvalue weighted by Crippen LogP contribution is -2.51. The maximum absolute atomic E-state index is 14.2. The molecule has 0 aliphatic carbocycles. The summed E-state index contributed by atoms with van der Waals surface area (Å²) in [5.74, 6) is -0.371. The predicted molar refractivity (Wildman–Crippen MR) is 131 cm³/mol. The van der Waals surface area contributed by atoms with E-state index in [1.54, 1.807) is 28.4 Å². The number of carbonyl (C=O) groups excluding carboxylic acids is 1. The number of rotatable bonds is 4. The van der Waals surface area contributed by atoms with Crippen LogP contribution in [0.5, 0.6) is 0 Å². The lowest BCUT2D eigenvalue weighted by molar-refractivity contribution is -0.135. The second kappa shape index (κ2) is 8.59. The second-order valence-corrected chi connectivity index (χ2v) is 9.38. The first-order valence-electron chi connectivity index (χ1n) is 11.2. The molecule has 4 aromatic rings. The zero-order chi connectivity index (χ0) is 23.1. The largest absolute Gasteiger partial charge is 0.366 e. The molecular weight excluding hydrogens is 439 g/mol. The molecule has 1 aliphatic heterocycles. The highest BCUT2D eigenvalue weighted by Crippen LogP contribution is 2.33. The van der Waals surface area contributed by atoms with Gasteiger partial charge in [0.1, 0.15) is 11.9 Å². The maximum atomic E-state index is 14.2. The van der Waals surface area contributed by atoms with E-state index in [0.29, 0.717) is 43.7 Å². The molecule has 1 aliphatic rings. The molecule has 2 aromatic carbocycles. The number of aromatic nitrogens is 2. The highest BCUT2D eigenvalue weighted by molar-refractivity contribution is 7.26. The van der Waals surface area contributed by atoms with E-state index in [-0.39, 0.29) is 17.3 Å². The number of thiophene rings is 1. The smallest absolute Gasteiger partial charge is 0.276 e. The van der Waals surface area contributed by atoms with Crippen LogP contribution in [0.4, 0.5) is 10.1 Å². The third kappa shape index (κ3) is 3.68. The molecule has 0 unspecified atom stereocenters. The van der Waals surface area contributed by atoms with E-state index in [0.717, 1.165) is 20.5 Å². The van der Waals surface area contributed by atoms with Crippen molar-refractivity contribution >= 4 is 43.1 Å². The van der Waals surface area contributed by atoms with E-state index in [9.17, 15) is 14.0 Å². The van der Waals surface area contributed by atoms with Gasteiger partial charge in [0.15, 0.2) is 0 Å². The summed E-state index contributed by atoms with van der Waals surface area (Å²) in [6.45, 7) is 5.81. The number of nitrogens with zero attached hydrogens (tertiary/aromatic N) is 4. The Morgan fingerprint density at radius 2 is 1.79 bits per heavy atom. The minimum Gasteiger partial charge on any atom is -0.366 e. The third-order valence-electron chi connectivity index (χ3n) is 6.36. The molecule has 5 rings (SSSR count). The second-order valence-electron chi connectivity index (χ2n) is 8.33. The van der Waals surface area contributed by atoms with Crippen molar-refractivity contribution in [2.75, 3.05) is 31.1 Å². The molecule has 1 saturated heterocycles. The summed E-state index contributed by atoms with van der Waals surface area (Å²) < 4.78 is 17.4. The van der Waals surface area contributed by atoms with Crippen LogP contribution in [0.25, 0.3) is 20.2 Å². The van der Waals surface area contributed by atoms with Gasteiger partial charge in [-0.15, -0.1) is 11.3 Å². The quantitative estimate of drug-likeness (QED) is 0.450. The number of aryl methyl sites for hydroxylation is 1. The molecule has 1 fully saturated rings. The lowest BCUT2D eigenvalue weighted by atomic mass is 10.1. The fourth-order valence-electron chi connectivity index (χ4n) is 4.63. The topological polar surface area (TPSA) is 58.4 Å². The zero-order valence-corrected chi connectivity index (χ0v) is 19.4. The van der Waals surface area contributed by atoms with Crippen LogP contribution in [0.1, 0.15) is 25.1 Å². The van der Waals surface area contributed by atoms with E-state index < -0.39 is 6.04 Å². The standard InChI is InChI=1S/C25H25FN4O2S/c1-3-19(24(31)29-14-12-28(13-15-29)20-10-6-5-9-18(20)26)30-25(32)22-17-8-4-7-11-21(17)33-23(22)16(2)27-30/h4-11,19H,3,12-15H2,1-2H3/t19-/m0/s1. The van der Waals surface area contributed by atoms with E-state index in [4.69, 9.17) is 0 Å². The Kier molecular flexibility index (Phi) is 5.62. The highest BCUT2D eigenvalue weighted by Gasteiger charge is 2.30. The minimum absolute atomic E-state index is 0.112. The molecule has 6 nitrogen and oxygen atoms in total. The highest BCUT2D eigenvalue weighted by atomic mass is 32.1. The van der Waals surface area contributed by atoms with Gasteiger partial charge in [0.2, 0.25) is 5.91 Å². The molecule has 3 heterocycles. The summed E-state index contributed by atoms with van der Waals surface area (Å²) in [5.41, 5.74) is 1.08. The zero-order valence-electron chi connectivity index (χ0n) is 18.6. The normalized spacial score (nSPS) is 15.4. The van der Waals surface area contributed by atoms with Crippen LogP contribution in [0, 0.1) is 12.7 Å². The van der Waals surface area contributed by atoms with Gasteiger partial charge in [-0.1, -0.05) is 37.3 Å². The predicted octanol–water partition coefficient (Wildman–Crippen LogP) is 4.36. The van der Waals surface area contributed by atoms with Crippen molar-refractivity contribution in [1.29, 1.82) is 0 Å². The van der Waals surface area contributed by atoms with Crippen LogP contribution >= 0.6 is 11.3 Å². The number of piperazine rings is 1. The Hall–Kier alpha value is -3.26. The number of anilines is 1. The van der Waals surface area contributed by atoms with Gasteiger partial charge < -0.3 is 9.80 Å². The molecular formula is C25H25FN4O2S. The van der Waals surface area contributed by atoms with E-state index >= 15 is 0 Å². The summed E-state index contributed by atoms with van der Waals surface area (Å²) in [5, 5.41) is 6.11. The van der Waals surface area contributed by atoms with Crippen LogP contribution in [0.3, 0.4) is 0 Å². The maximum Gasteiger partial charge on any atom is 0.276 e. The number of carbonyl (C=O) groups is 1. The Morgan fingerprint density at radius 3 is 2.52 bits per heavy atom. The van der Waals surface area contributed by atoms with Gasteiger partial charge in [0, 0.05) is 36.3 Å². The van der Waals surface area contributed by atoms with Crippen LogP contribution in [-0.4, -0.2) is 46.8 Å². The minimum atomic E-state index is -0.667. The fourth-order valence-corrected chi connectivity index (χ4v) is 5.76. The Labute approximate surface area is 194 Å². The first kappa shape index (κ1) is 21.6. The summed E-state index contributed by atoms with van der Waals surface area (Å²) in [6.07, 6.45) is 0.465. The molecule has 0 saturated carbocycles. The summed E-state index contributed by atoms with van der Waals surface area (Å²) in [6, 6.07) is 13.9.